The lowest BCUT2D eigenvalue weighted by Crippen LogP contribution is -2.21. The van der Waals surface area contributed by atoms with E-state index in [9.17, 15) is 0 Å². The van der Waals surface area contributed by atoms with Gasteiger partial charge in [0.2, 0.25) is 0 Å². The van der Waals surface area contributed by atoms with Crippen molar-refractivity contribution in [3.8, 4) is 0 Å². The molecule has 1 heterocycles. The van der Waals surface area contributed by atoms with Crippen LogP contribution in [0.4, 0.5) is 0 Å². The summed E-state index contributed by atoms with van der Waals surface area (Å²) in [6, 6.07) is 0. The van der Waals surface area contributed by atoms with E-state index in [2.05, 4.69) is 32.1 Å². The number of aromatic nitrogens is 2. The molecule has 3 nitrogen and oxygen atoms in total. The molecule has 0 saturated carbocycles. The van der Waals surface area contributed by atoms with Crippen LogP contribution in [0.1, 0.15) is 32.8 Å². The maximum Gasteiger partial charge on any atom is 0.0543 e. The number of aliphatic hydroxyl groups excluding tert-OH is 1. The molecule has 1 aromatic heterocycles. The van der Waals surface area contributed by atoms with E-state index >= 15 is 0 Å². The first-order valence-corrected chi connectivity index (χ1v) is 4.69. The summed E-state index contributed by atoms with van der Waals surface area (Å²) in [7, 11) is 0. The Morgan fingerprint density at radius 1 is 1.46 bits per heavy atom. The maximum absolute atomic E-state index is 8.67. The molecule has 3 heteroatoms. The molecule has 0 amide bonds. The van der Waals surface area contributed by atoms with E-state index < -0.39 is 0 Å². The van der Waals surface area contributed by atoms with Crippen LogP contribution in [-0.2, 0) is 12.0 Å². The molecule has 0 aliphatic rings. The summed E-state index contributed by atoms with van der Waals surface area (Å²) in [6.45, 7) is 6.61. The van der Waals surface area contributed by atoms with Gasteiger partial charge in [-0.25, -0.2) is 0 Å². The van der Waals surface area contributed by atoms with Gasteiger partial charge < -0.3 is 5.11 Å². The fourth-order valence-corrected chi connectivity index (χ4v) is 1.14. The normalized spacial score (nSPS) is 12.0. The second-order valence-electron chi connectivity index (χ2n) is 4.29. The van der Waals surface area contributed by atoms with Crippen molar-refractivity contribution in [3.63, 3.8) is 0 Å². The van der Waals surface area contributed by atoms with Gasteiger partial charge in [-0.2, -0.15) is 5.10 Å². The predicted octanol–water partition coefficient (Wildman–Crippen LogP) is 1.56. The standard InChI is InChI=1S/C10H18N2O/c1-10(2,3)12-8-9(7-11-12)5-4-6-13/h7-8,13H,4-6H2,1-3H3. The zero-order valence-electron chi connectivity index (χ0n) is 8.62. The van der Waals surface area contributed by atoms with Gasteiger partial charge in [0.25, 0.3) is 0 Å². The van der Waals surface area contributed by atoms with Gasteiger partial charge in [0.15, 0.2) is 0 Å². The second kappa shape index (κ2) is 3.92. The van der Waals surface area contributed by atoms with Gasteiger partial charge in [-0.15, -0.1) is 0 Å². The molecule has 0 aliphatic carbocycles. The van der Waals surface area contributed by atoms with Gasteiger partial charge in [0, 0.05) is 12.8 Å². The molecular weight excluding hydrogens is 164 g/mol. The molecule has 0 spiro atoms. The van der Waals surface area contributed by atoms with E-state index in [0.29, 0.717) is 0 Å². The fourth-order valence-electron chi connectivity index (χ4n) is 1.14. The van der Waals surface area contributed by atoms with Gasteiger partial charge in [-0.1, -0.05) is 0 Å². The number of hydrogen-bond donors (Lipinski definition) is 1. The van der Waals surface area contributed by atoms with Crippen LogP contribution >= 0.6 is 0 Å². The van der Waals surface area contributed by atoms with E-state index in [1.807, 2.05) is 10.9 Å². The van der Waals surface area contributed by atoms with E-state index in [1.54, 1.807) is 0 Å². The third kappa shape index (κ3) is 2.84. The Bertz CT molecular complexity index is 260. The van der Waals surface area contributed by atoms with E-state index in [0.717, 1.165) is 12.8 Å². The van der Waals surface area contributed by atoms with Crippen molar-refractivity contribution in [2.75, 3.05) is 6.61 Å². The molecule has 0 atom stereocenters. The summed E-state index contributed by atoms with van der Waals surface area (Å²) in [4.78, 5) is 0. The van der Waals surface area contributed by atoms with Gasteiger partial charge >= 0.3 is 0 Å². The third-order valence-corrected chi connectivity index (χ3v) is 1.95. The number of aryl methyl sites for hydroxylation is 1. The minimum absolute atomic E-state index is 0.0530. The monoisotopic (exact) mass is 182 g/mol. The SMILES string of the molecule is CC(C)(C)n1cc(CCCO)cn1. The molecule has 1 N–H and O–H groups in total. The Hall–Kier alpha value is -0.830. The summed E-state index contributed by atoms with van der Waals surface area (Å²) >= 11 is 0. The van der Waals surface area contributed by atoms with Gasteiger partial charge in [-0.05, 0) is 39.2 Å². The van der Waals surface area contributed by atoms with Crippen LogP contribution in [0.5, 0.6) is 0 Å². The first-order valence-electron chi connectivity index (χ1n) is 4.69. The quantitative estimate of drug-likeness (QED) is 0.770. The van der Waals surface area contributed by atoms with Crippen molar-refractivity contribution in [1.29, 1.82) is 0 Å². The topological polar surface area (TPSA) is 38.0 Å². The van der Waals surface area contributed by atoms with Crippen LogP contribution in [-0.4, -0.2) is 21.5 Å². The summed E-state index contributed by atoms with van der Waals surface area (Å²) < 4.78 is 1.96. The lowest BCUT2D eigenvalue weighted by atomic mass is 10.1. The smallest absolute Gasteiger partial charge is 0.0543 e. The van der Waals surface area contributed by atoms with Crippen molar-refractivity contribution in [2.45, 2.75) is 39.2 Å². The highest BCUT2D eigenvalue weighted by molar-refractivity contribution is 5.05. The number of rotatable bonds is 3. The summed E-state index contributed by atoms with van der Waals surface area (Å²) in [5.74, 6) is 0. The molecule has 0 fully saturated rings. The van der Waals surface area contributed by atoms with E-state index in [1.165, 1.54) is 5.56 Å². The highest BCUT2D eigenvalue weighted by Crippen LogP contribution is 2.13. The first-order chi connectivity index (χ1) is 6.04. The Morgan fingerprint density at radius 2 is 2.15 bits per heavy atom. The Morgan fingerprint density at radius 3 is 2.62 bits per heavy atom. The molecule has 0 saturated heterocycles. The van der Waals surface area contributed by atoms with Gasteiger partial charge in [0.1, 0.15) is 0 Å². The number of hydrogen-bond acceptors (Lipinski definition) is 2. The zero-order chi connectivity index (χ0) is 9.90. The largest absolute Gasteiger partial charge is 0.396 e. The predicted molar refractivity (Wildman–Crippen MR) is 52.6 cm³/mol. The molecule has 1 rings (SSSR count). The molecule has 1 aromatic rings. The van der Waals surface area contributed by atoms with Crippen LogP contribution in [0.2, 0.25) is 0 Å². The molecule has 0 radical (unpaired) electrons. The van der Waals surface area contributed by atoms with Crippen molar-refractivity contribution in [3.05, 3.63) is 18.0 Å². The van der Waals surface area contributed by atoms with Crippen molar-refractivity contribution in [2.24, 2.45) is 0 Å². The number of nitrogens with zero attached hydrogens (tertiary/aromatic N) is 2. The van der Waals surface area contributed by atoms with E-state index in [4.69, 9.17) is 5.11 Å². The highest BCUT2D eigenvalue weighted by Gasteiger charge is 2.13. The van der Waals surface area contributed by atoms with Crippen LogP contribution in [0.3, 0.4) is 0 Å². The molecular formula is C10H18N2O. The molecule has 13 heavy (non-hydrogen) atoms. The average molecular weight is 182 g/mol. The Labute approximate surface area is 79.4 Å². The maximum atomic E-state index is 8.67. The van der Waals surface area contributed by atoms with Crippen molar-refractivity contribution >= 4 is 0 Å². The van der Waals surface area contributed by atoms with Crippen LogP contribution in [0.25, 0.3) is 0 Å². The van der Waals surface area contributed by atoms with Crippen LogP contribution in [0, 0.1) is 0 Å². The second-order valence-corrected chi connectivity index (χ2v) is 4.29. The molecule has 74 valence electrons. The third-order valence-electron chi connectivity index (χ3n) is 1.95. The van der Waals surface area contributed by atoms with Crippen LogP contribution < -0.4 is 0 Å². The zero-order valence-corrected chi connectivity index (χ0v) is 8.62. The van der Waals surface area contributed by atoms with Gasteiger partial charge in [-0.3, -0.25) is 4.68 Å². The molecule has 0 aromatic carbocycles. The van der Waals surface area contributed by atoms with Crippen molar-refractivity contribution in [1.82, 2.24) is 9.78 Å². The van der Waals surface area contributed by atoms with E-state index in [-0.39, 0.29) is 12.1 Å². The van der Waals surface area contributed by atoms with Crippen molar-refractivity contribution < 1.29 is 5.11 Å². The molecule has 0 bridgehead atoms. The summed E-state index contributed by atoms with van der Waals surface area (Å²) in [5.41, 5.74) is 1.25. The lowest BCUT2D eigenvalue weighted by molar-refractivity contribution is 0.288. The average Bonchev–Trinajstić information content (AvgIpc) is 2.47. The molecule has 0 unspecified atom stereocenters. The number of aliphatic hydroxyl groups is 1. The van der Waals surface area contributed by atoms with Gasteiger partial charge in [0.05, 0.1) is 11.7 Å². The minimum atomic E-state index is 0.0530. The molecule has 0 aliphatic heterocycles. The first kappa shape index (κ1) is 10.3. The van der Waals surface area contributed by atoms with Crippen LogP contribution in [0.15, 0.2) is 12.4 Å². The Kier molecular flexibility index (Phi) is 3.09. The fraction of sp³-hybridized carbons (Fsp3) is 0.700. The highest BCUT2D eigenvalue weighted by atomic mass is 16.2. The summed E-state index contributed by atoms with van der Waals surface area (Å²) in [5, 5.41) is 12.9. The lowest BCUT2D eigenvalue weighted by Gasteiger charge is -2.18. The summed E-state index contributed by atoms with van der Waals surface area (Å²) in [6.07, 6.45) is 5.65. The minimum Gasteiger partial charge on any atom is -0.396 e. The Balaban J connectivity index is 2.64.